The highest BCUT2D eigenvalue weighted by atomic mass is 35.5. The first-order valence-corrected chi connectivity index (χ1v) is 11.6. The van der Waals surface area contributed by atoms with Gasteiger partial charge in [-0.15, -0.1) is 0 Å². The van der Waals surface area contributed by atoms with Gasteiger partial charge in [0.1, 0.15) is 11.6 Å². The lowest BCUT2D eigenvalue weighted by Crippen LogP contribution is -2.08. The van der Waals surface area contributed by atoms with Crippen LogP contribution in [0.15, 0.2) is 103 Å². The van der Waals surface area contributed by atoms with Gasteiger partial charge in [0.2, 0.25) is 0 Å². The van der Waals surface area contributed by atoms with E-state index in [1.807, 2.05) is 36.4 Å². The summed E-state index contributed by atoms with van der Waals surface area (Å²) in [7, 11) is 0. The minimum Gasteiger partial charge on any atom is -0.494 e. The van der Waals surface area contributed by atoms with Gasteiger partial charge < -0.3 is 9.30 Å². The monoisotopic (exact) mass is 452 g/mol. The lowest BCUT2D eigenvalue weighted by Gasteiger charge is -2.11. The van der Waals surface area contributed by atoms with E-state index in [0.29, 0.717) is 11.6 Å². The molecular formula is C29H25ClN2O. The Balaban J connectivity index is 1.30. The molecule has 0 radical (unpaired) electrons. The van der Waals surface area contributed by atoms with E-state index < -0.39 is 0 Å². The molecule has 0 saturated heterocycles. The van der Waals surface area contributed by atoms with Crippen molar-refractivity contribution in [1.29, 1.82) is 0 Å². The standard InChI is InChI=1S/C29H25ClN2O/c30-25-15-17-26(18-16-25)33-20-6-19-32-28-10-5-4-9-27(28)31-29(32)21-22-11-13-24(14-12-22)23-7-2-1-3-8-23/h1-5,7-18H,6,19-21H2. The highest BCUT2D eigenvalue weighted by molar-refractivity contribution is 6.30. The summed E-state index contributed by atoms with van der Waals surface area (Å²) in [6, 6.07) is 35.1. The lowest BCUT2D eigenvalue weighted by atomic mass is 10.0. The molecule has 0 unspecified atom stereocenters. The Morgan fingerprint density at radius 3 is 2.21 bits per heavy atom. The van der Waals surface area contributed by atoms with Crippen molar-refractivity contribution >= 4 is 22.6 Å². The van der Waals surface area contributed by atoms with Gasteiger partial charge in [-0.2, -0.15) is 0 Å². The molecule has 0 bridgehead atoms. The zero-order valence-corrected chi connectivity index (χ0v) is 19.1. The first-order valence-electron chi connectivity index (χ1n) is 11.2. The summed E-state index contributed by atoms with van der Waals surface area (Å²) in [6.07, 6.45) is 1.69. The number of nitrogens with zero attached hydrogens (tertiary/aromatic N) is 2. The van der Waals surface area contributed by atoms with Crippen molar-refractivity contribution < 1.29 is 4.74 Å². The van der Waals surface area contributed by atoms with Crippen LogP contribution in [0, 0.1) is 0 Å². The molecule has 0 N–H and O–H groups in total. The van der Waals surface area contributed by atoms with E-state index in [1.165, 1.54) is 22.2 Å². The molecule has 3 nitrogen and oxygen atoms in total. The summed E-state index contributed by atoms with van der Waals surface area (Å²) in [5, 5.41) is 0.716. The largest absolute Gasteiger partial charge is 0.494 e. The second kappa shape index (κ2) is 9.93. The fourth-order valence-electron chi connectivity index (χ4n) is 4.08. The molecule has 0 aliphatic rings. The van der Waals surface area contributed by atoms with Gasteiger partial charge in [0, 0.05) is 18.0 Å². The van der Waals surface area contributed by atoms with Crippen molar-refractivity contribution in [3.63, 3.8) is 0 Å². The van der Waals surface area contributed by atoms with Crippen LogP contribution in [0.2, 0.25) is 5.02 Å². The van der Waals surface area contributed by atoms with Crippen LogP contribution in [0.5, 0.6) is 5.75 Å². The lowest BCUT2D eigenvalue weighted by molar-refractivity contribution is 0.302. The number of fused-ring (bicyclic) bond motifs is 1. The number of aryl methyl sites for hydroxylation is 1. The van der Waals surface area contributed by atoms with Crippen molar-refractivity contribution in [2.24, 2.45) is 0 Å². The van der Waals surface area contributed by atoms with Gasteiger partial charge in [0.15, 0.2) is 0 Å². The van der Waals surface area contributed by atoms with Gasteiger partial charge >= 0.3 is 0 Å². The van der Waals surface area contributed by atoms with E-state index >= 15 is 0 Å². The smallest absolute Gasteiger partial charge is 0.119 e. The van der Waals surface area contributed by atoms with E-state index in [4.69, 9.17) is 21.3 Å². The molecule has 4 heteroatoms. The fraction of sp³-hybridized carbons (Fsp3) is 0.138. The summed E-state index contributed by atoms with van der Waals surface area (Å²) in [4.78, 5) is 4.94. The minimum atomic E-state index is 0.638. The summed E-state index contributed by atoms with van der Waals surface area (Å²) in [5.41, 5.74) is 5.92. The van der Waals surface area contributed by atoms with Crippen LogP contribution in [0.4, 0.5) is 0 Å². The second-order valence-electron chi connectivity index (χ2n) is 8.06. The maximum Gasteiger partial charge on any atom is 0.119 e. The number of ether oxygens (including phenoxy) is 1. The molecule has 1 aromatic heterocycles. The Kier molecular flexibility index (Phi) is 6.41. The van der Waals surface area contributed by atoms with Gasteiger partial charge in [-0.25, -0.2) is 4.98 Å². The molecule has 33 heavy (non-hydrogen) atoms. The molecule has 0 fully saturated rings. The van der Waals surface area contributed by atoms with Gasteiger partial charge in [-0.3, -0.25) is 0 Å². The van der Waals surface area contributed by atoms with Crippen LogP contribution >= 0.6 is 11.6 Å². The number of aromatic nitrogens is 2. The van der Waals surface area contributed by atoms with Crippen LogP contribution in [-0.2, 0) is 13.0 Å². The first kappa shape index (κ1) is 21.3. The van der Waals surface area contributed by atoms with Gasteiger partial charge in [0.05, 0.1) is 17.6 Å². The van der Waals surface area contributed by atoms with E-state index in [1.54, 1.807) is 0 Å². The number of hydrogen-bond acceptors (Lipinski definition) is 2. The van der Waals surface area contributed by atoms with Crippen LogP contribution in [0.3, 0.4) is 0 Å². The molecule has 0 saturated carbocycles. The number of hydrogen-bond donors (Lipinski definition) is 0. The van der Waals surface area contributed by atoms with Crippen molar-refractivity contribution in [3.05, 3.63) is 120 Å². The molecule has 4 aromatic carbocycles. The summed E-state index contributed by atoms with van der Waals surface area (Å²) < 4.78 is 8.22. The van der Waals surface area contributed by atoms with Gasteiger partial charge in [-0.1, -0.05) is 78.3 Å². The predicted octanol–water partition coefficient (Wildman–Crippen LogP) is 7.42. The molecule has 5 rings (SSSR count). The highest BCUT2D eigenvalue weighted by Gasteiger charge is 2.11. The Bertz CT molecular complexity index is 1330. The maximum absolute atomic E-state index is 5.95. The van der Waals surface area contributed by atoms with E-state index in [2.05, 4.69) is 71.3 Å². The van der Waals surface area contributed by atoms with Crippen LogP contribution in [0.25, 0.3) is 22.2 Å². The van der Waals surface area contributed by atoms with Crippen molar-refractivity contribution in [2.75, 3.05) is 6.61 Å². The molecule has 0 aliphatic heterocycles. The van der Waals surface area contributed by atoms with Gasteiger partial charge in [-0.05, 0) is 59.5 Å². The second-order valence-corrected chi connectivity index (χ2v) is 8.50. The summed E-state index contributed by atoms with van der Waals surface area (Å²) >= 11 is 5.95. The Morgan fingerprint density at radius 2 is 1.42 bits per heavy atom. The molecule has 164 valence electrons. The van der Waals surface area contributed by atoms with Crippen molar-refractivity contribution in [3.8, 4) is 16.9 Å². The number of halogens is 1. The molecule has 1 heterocycles. The van der Waals surface area contributed by atoms with Crippen LogP contribution < -0.4 is 4.74 Å². The Labute approximate surface area is 199 Å². The number of benzene rings is 4. The maximum atomic E-state index is 5.95. The van der Waals surface area contributed by atoms with Gasteiger partial charge in [0.25, 0.3) is 0 Å². The molecule has 0 amide bonds. The normalized spacial score (nSPS) is 11.1. The molecule has 0 aliphatic carbocycles. The average Bonchev–Trinajstić information content (AvgIpc) is 3.21. The first-order chi connectivity index (χ1) is 16.3. The molecule has 0 spiro atoms. The SMILES string of the molecule is Clc1ccc(OCCCn2c(Cc3ccc(-c4ccccc4)cc3)nc3ccccc32)cc1. The van der Waals surface area contributed by atoms with Crippen LogP contribution in [-0.4, -0.2) is 16.2 Å². The number of imidazole rings is 1. The third-order valence-corrected chi connectivity index (χ3v) is 6.02. The van der Waals surface area contributed by atoms with Crippen molar-refractivity contribution in [2.45, 2.75) is 19.4 Å². The Hall–Kier alpha value is -3.56. The van der Waals surface area contributed by atoms with Crippen LogP contribution in [0.1, 0.15) is 17.8 Å². The third-order valence-electron chi connectivity index (χ3n) is 5.77. The fourth-order valence-corrected chi connectivity index (χ4v) is 4.21. The average molecular weight is 453 g/mol. The highest BCUT2D eigenvalue weighted by Crippen LogP contribution is 2.23. The summed E-state index contributed by atoms with van der Waals surface area (Å²) in [5.74, 6) is 1.92. The zero-order valence-electron chi connectivity index (χ0n) is 18.3. The van der Waals surface area contributed by atoms with E-state index in [-0.39, 0.29) is 0 Å². The summed E-state index contributed by atoms with van der Waals surface area (Å²) in [6.45, 7) is 1.49. The topological polar surface area (TPSA) is 27.1 Å². The number of para-hydroxylation sites is 2. The minimum absolute atomic E-state index is 0.638. The third kappa shape index (κ3) is 5.10. The number of rotatable bonds is 8. The molecule has 5 aromatic rings. The Morgan fingerprint density at radius 1 is 0.727 bits per heavy atom. The van der Waals surface area contributed by atoms with Crippen molar-refractivity contribution in [1.82, 2.24) is 9.55 Å². The molecule has 0 atom stereocenters. The quantitative estimate of drug-likeness (QED) is 0.229. The van der Waals surface area contributed by atoms with E-state index in [9.17, 15) is 0 Å². The zero-order chi connectivity index (χ0) is 22.5. The molecular weight excluding hydrogens is 428 g/mol. The van der Waals surface area contributed by atoms with E-state index in [0.717, 1.165) is 36.5 Å². The predicted molar refractivity (Wildman–Crippen MR) is 136 cm³/mol.